The molecule has 0 unspecified atom stereocenters. The molecule has 0 radical (unpaired) electrons. The largest absolute Gasteiger partial charge is 0.433 e. The Kier molecular flexibility index (Phi) is 4.41. The second-order valence-corrected chi connectivity index (χ2v) is 4.39. The average Bonchev–Trinajstić information content (AvgIpc) is 2.78. The van der Waals surface area contributed by atoms with Gasteiger partial charge in [-0.1, -0.05) is 23.2 Å². The summed E-state index contributed by atoms with van der Waals surface area (Å²) in [5.41, 5.74) is 0.378. The van der Waals surface area contributed by atoms with Crippen LogP contribution in [0.15, 0.2) is 24.4 Å². The first-order valence-corrected chi connectivity index (χ1v) is 5.97. The third kappa shape index (κ3) is 3.37. The second-order valence-electron chi connectivity index (χ2n) is 3.57. The zero-order chi connectivity index (χ0) is 14.7. The van der Waals surface area contributed by atoms with Crippen LogP contribution in [0.4, 0.5) is 14.5 Å². The number of hydrogen-bond acceptors (Lipinski definition) is 3. The maximum Gasteiger partial charge on any atom is 0.387 e. The van der Waals surface area contributed by atoms with E-state index in [1.807, 2.05) is 0 Å². The van der Waals surface area contributed by atoms with Gasteiger partial charge in [0.05, 0.1) is 16.2 Å². The maximum absolute atomic E-state index is 12.1. The van der Waals surface area contributed by atoms with Crippen molar-refractivity contribution in [3.63, 3.8) is 0 Å². The quantitative estimate of drug-likeness (QED) is 0.904. The average molecular weight is 322 g/mol. The molecule has 0 atom stereocenters. The summed E-state index contributed by atoms with van der Waals surface area (Å²) in [6, 6.07) is 3.87. The van der Waals surface area contributed by atoms with Crippen LogP contribution in [-0.2, 0) is 0 Å². The van der Waals surface area contributed by atoms with Crippen molar-refractivity contribution in [2.75, 3.05) is 5.32 Å². The Balaban J connectivity index is 2.13. The van der Waals surface area contributed by atoms with Gasteiger partial charge in [-0.2, -0.15) is 13.9 Å². The topological polar surface area (TPSA) is 67.0 Å². The van der Waals surface area contributed by atoms with Crippen LogP contribution in [0.5, 0.6) is 5.75 Å². The van der Waals surface area contributed by atoms with E-state index in [1.165, 1.54) is 24.4 Å². The first-order chi connectivity index (χ1) is 9.47. The van der Waals surface area contributed by atoms with Crippen molar-refractivity contribution >= 4 is 34.8 Å². The molecule has 2 N–H and O–H groups in total. The van der Waals surface area contributed by atoms with E-state index in [2.05, 4.69) is 20.3 Å². The van der Waals surface area contributed by atoms with Crippen molar-refractivity contribution in [2.24, 2.45) is 0 Å². The Morgan fingerprint density at radius 2 is 2.10 bits per heavy atom. The van der Waals surface area contributed by atoms with Crippen molar-refractivity contribution in [1.29, 1.82) is 0 Å². The SMILES string of the molecule is O=C(Nc1ccc(OC(F)F)c(Cl)c1)c1[nH]ncc1Cl. The van der Waals surface area contributed by atoms with Gasteiger partial charge in [-0.05, 0) is 18.2 Å². The van der Waals surface area contributed by atoms with Crippen LogP contribution in [0, 0.1) is 0 Å². The fraction of sp³-hybridized carbons (Fsp3) is 0.0909. The number of aromatic amines is 1. The lowest BCUT2D eigenvalue weighted by Gasteiger charge is -2.09. The molecule has 9 heteroatoms. The minimum absolute atomic E-state index is 0.0567. The molecule has 106 valence electrons. The molecule has 0 spiro atoms. The summed E-state index contributed by atoms with van der Waals surface area (Å²) in [7, 11) is 0. The number of benzene rings is 1. The zero-order valence-electron chi connectivity index (χ0n) is 9.66. The molecule has 2 aromatic rings. The van der Waals surface area contributed by atoms with Crippen molar-refractivity contribution in [3.8, 4) is 5.75 Å². The maximum atomic E-state index is 12.1. The van der Waals surface area contributed by atoms with Gasteiger partial charge < -0.3 is 10.1 Å². The summed E-state index contributed by atoms with van der Waals surface area (Å²) in [5.74, 6) is -0.717. The molecule has 1 aromatic heterocycles. The standard InChI is InChI=1S/C11H7Cl2F2N3O2/c12-6-3-5(1-2-8(6)20-11(14)15)17-10(19)9-7(13)4-16-18-9/h1-4,11H,(H,16,18)(H,17,19). The van der Waals surface area contributed by atoms with Crippen molar-refractivity contribution in [3.05, 3.63) is 40.1 Å². The van der Waals surface area contributed by atoms with Crippen LogP contribution in [-0.4, -0.2) is 22.7 Å². The molecule has 0 bridgehead atoms. The summed E-state index contributed by atoms with van der Waals surface area (Å²) in [6.45, 7) is -2.98. The predicted molar refractivity (Wildman–Crippen MR) is 69.6 cm³/mol. The summed E-state index contributed by atoms with van der Waals surface area (Å²) >= 11 is 11.5. The van der Waals surface area contributed by atoms with E-state index in [9.17, 15) is 13.6 Å². The Labute approximate surface area is 121 Å². The molecule has 0 saturated carbocycles. The summed E-state index contributed by atoms with van der Waals surface area (Å²) in [4.78, 5) is 11.8. The Morgan fingerprint density at radius 3 is 2.65 bits per heavy atom. The van der Waals surface area contributed by atoms with E-state index in [0.29, 0.717) is 5.69 Å². The van der Waals surface area contributed by atoms with E-state index < -0.39 is 12.5 Å². The Bertz CT molecular complexity index is 634. The van der Waals surface area contributed by atoms with Gasteiger partial charge in [-0.3, -0.25) is 9.89 Å². The normalized spacial score (nSPS) is 10.7. The lowest BCUT2D eigenvalue weighted by Crippen LogP contribution is -2.13. The lowest BCUT2D eigenvalue weighted by molar-refractivity contribution is -0.0497. The van der Waals surface area contributed by atoms with Gasteiger partial charge in [0.1, 0.15) is 11.4 Å². The van der Waals surface area contributed by atoms with E-state index in [1.54, 1.807) is 0 Å². The monoisotopic (exact) mass is 321 g/mol. The second kappa shape index (κ2) is 6.06. The highest BCUT2D eigenvalue weighted by atomic mass is 35.5. The first kappa shape index (κ1) is 14.5. The third-order valence-electron chi connectivity index (χ3n) is 2.23. The number of carbonyl (C=O) groups is 1. The Morgan fingerprint density at radius 1 is 1.35 bits per heavy atom. The summed E-state index contributed by atoms with van der Waals surface area (Å²) < 4.78 is 28.3. The molecule has 0 aliphatic rings. The van der Waals surface area contributed by atoms with E-state index in [4.69, 9.17) is 23.2 Å². The highest BCUT2D eigenvalue weighted by molar-refractivity contribution is 6.34. The number of anilines is 1. The molecular formula is C11H7Cl2F2N3O2. The van der Waals surface area contributed by atoms with E-state index in [0.717, 1.165) is 0 Å². The first-order valence-electron chi connectivity index (χ1n) is 5.22. The van der Waals surface area contributed by atoms with Crippen LogP contribution in [0.2, 0.25) is 10.0 Å². The summed E-state index contributed by atoms with van der Waals surface area (Å²) in [6.07, 6.45) is 1.28. The van der Waals surface area contributed by atoms with Gasteiger partial charge in [0.25, 0.3) is 5.91 Å². The fourth-order valence-corrected chi connectivity index (χ4v) is 1.80. The molecule has 0 aliphatic carbocycles. The van der Waals surface area contributed by atoms with E-state index >= 15 is 0 Å². The number of carbonyl (C=O) groups excluding carboxylic acids is 1. The number of rotatable bonds is 4. The summed E-state index contributed by atoms with van der Waals surface area (Å²) in [5, 5.41) is 8.61. The zero-order valence-corrected chi connectivity index (χ0v) is 11.2. The number of amides is 1. The molecule has 20 heavy (non-hydrogen) atoms. The highest BCUT2D eigenvalue weighted by Crippen LogP contribution is 2.29. The number of halogens is 4. The highest BCUT2D eigenvalue weighted by Gasteiger charge is 2.14. The van der Waals surface area contributed by atoms with Crippen molar-refractivity contribution in [2.45, 2.75) is 6.61 Å². The number of nitrogens with one attached hydrogen (secondary N) is 2. The van der Waals surface area contributed by atoms with Gasteiger partial charge in [-0.25, -0.2) is 0 Å². The fourth-order valence-electron chi connectivity index (χ4n) is 1.39. The smallest absolute Gasteiger partial charge is 0.387 e. The number of alkyl halides is 2. The number of hydrogen-bond donors (Lipinski definition) is 2. The number of nitrogens with zero attached hydrogens (tertiary/aromatic N) is 1. The molecule has 2 rings (SSSR count). The number of H-pyrrole nitrogens is 1. The van der Waals surface area contributed by atoms with Gasteiger partial charge >= 0.3 is 6.61 Å². The molecule has 0 saturated heterocycles. The van der Waals surface area contributed by atoms with Gasteiger partial charge in [0.2, 0.25) is 0 Å². The molecule has 5 nitrogen and oxygen atoms in total. The van der Waals surface area contributed by atoms with Gasteiger partial charge in [-0.15, -0.1) is 0 Å². The minimum Gasteiger partial charge on any atom is -0.433 e. The minimum atomic E-state index is -2.98. The third-order valence-corrected chi connectivity index (χ3v) is 2.81. The van der Waals surface area contributed by atoms with Gasteiger partial charge in [0, 0.05) is 5.69 Å². The Hall–Kier alpha value is -1.86. The molecule has 1 heterocycles. The van der Waals surface area contributed by atoms with Crippen LogP contribution in [0.1, 0.15) is 10.5 Å². The lowest BCUT2D eigenvalue weighted by atomic mass is 10.3. The number of aromatic nitrogens is 2. The van der Waals surface area contributed by atoms with E-state index in [-0.39, 0.29) is 21.5 Å². The number of ether oxygens (including phenoxy) is 1. The molecule has 1 amide bonds. The predicted octanol–water partition coefficient (Wildman–Crippen LogP) is 3.57. The van der Waals surface area contributed by atoms with Crippen LogP contribution < -0.4 is 10.1 Å². The van der Waals surface area contributed by atoms with Crippen LogP contribution >= 0.6 is 23.2 Å². The molecule has 0 aliphatic heterocycles. The van der Waals surface area contributed by atoms with Crippen molar-refractivity contribution in [1.82, 2.24) is 10.2 Å². The van der Waals surface area contributed by atoms with Crippen LogP contribution in [0.3, 0.4) is 0 Å². The van der Waals surface area contributed by atoms with Crippen LogP contribution in [0.25, 0.3) is 0 Å². The molecular weight excluding hydrogens is 315 g/mol. The molecule has 0 fully saturated rings. The van der Waals surface area contributed by atoms with Gasteiger partial charge in [0.15, 0.2) is 0 Å². The molecule has 1 aromatic carbocycles. The van der Waals surface area contributed by atoms with Crippen molar-refractivity contribution < 1.29 is 18.3 Å².